The molecule has 1 aromatic carbocycles. The number of nitrogens with one attached hydrogen (secondary N) is 2. The van der Waals surface area contributed by atoms with Crippen LogP contribution in [0.2, 0.25) is 0 Å². The van der Waals surface area contributed by atoms with Gasteiger partial charge >= 0.3 is 0 Å². The van der Waals surface area contributed by atoms with Gasteiger partial charge in [0, 0.05) is 22.2 Å². The molecule has 2 heterocycles. The number of fused-ring (bicyclic) bond motifs is 1. The van der Waals surface area contributed by atoms with Gasteiger partial charge in [-0.2, -0.15) is 0 Å². The Hall–Kier alpha value is -1.36. The molecule has 0 unspecified atom stereocenters. The topological polar surface area (TPSA) is 46.3 Å². The Kier molecular flexibility index (Phi) is 3.09. The fourth-order valence-corrected chi connectivity index (χ4v) is 2.78. The van der Waals surface area contributed by atoms with Crippen molar-refractivity contribution in [1.82, 2.24) is 10.3 Å². The van der Waals surface area contributed by atoms with Crippen molar-refractivity contribution in [2.75, 3.05) is 20.3 Å². The largest absolute Gasteiger partial charge is 0.358 e. The predicted molar refractivity (Wildman–Crippen MR) is 75.1 cm³/mol. The minimum Gasteiger partial charge on any atom is -0.358 e. The van der Waals surface area contributed by atoms with Gasteiger partial charge in [-0.1, -0.05) is 18.2 Å². The molecular formula is C15H20N2O2. The SMILES string of the molecule is CNC1COC(C)(c2c(C)[nH]c3ccccc23)OC1. The lowest BCUT2D eigenvalue weighted by molar-refractivity contribution is -0.272. The second-order valence-corrected chi connectivity index (χ2v) is 5.22. The van der Waals surface area contributed by atoms with Gasteiger partial charge in [0.25, 0.3) is 0 Å². The molecule has 1 aliphatic heterocycles. The van der Waals surface area contributed by atoms with Crippen LogP contribution in [0.3, 0.4) is 0 Å². The van der Waals surface area contributed by atoms with E-state index >= 15 is 0 Å². The zero-order chi connectivity index (χ0) is 13.5. The van der Waals surface area contributed by atoms with Crippen molar-refractivity contribution in [2.45, 2.75) is 25.7 Å². The number of benzene rings is 1. The molecule has 19 heavy (non-hydrogen) atoms. The molecule has 0 saturated carbocycles. The van der Waals surface area contributed by atoms with E-state index in [0.29, 0.717) is 13.2 Å². The van der Waals surface area contributed by atoms with E-state index in [0.717, 1.165) is 16.8 Å². The molecule has 4 nitrogen and oxygen atoms in total. The molecular weight excluding hydrogens is 240 g/mol. The van der Waals surface area contributed by atoms with Gasteiger partial charge in [-0.15, -0.1) is 0 Å². The highest BCUT2D eigenvalue weighted by Crippen LogP contribution is 2.37. The Morgan fingerprint density at radius 1 is 1.26 bits per heavy atom. The van der Waals surface area contributed by atoms with Crippen molar-refractivity contribution >= 4 is 10.9 Å². The zero-order valence-electron chi connectivity index (χ0n) is 11.6. The third kappa shape index (κ3) is 2.06. The molecule has 102 valence electrons. The lowest BCUT2D eigenvalue weighted by Crippen LogP contribution is -2.47. The first-order valence-corrected chi connectivity index (χ1v) is 6.67. The lowest BCUT2D eigenvalue weighted by Gasteiger charge is -2.38. The summed E-state index contributed by atoms with van der Waals surface area (Å²) in [5.41, 5.74) is 3.34. The highest BCUT2D eigenvalue weighted by atomic mass is 16.7. The monoisotopic (exact) mass is 260 g/mol. The number of H-pyrrole nitrogens is 1. The van der Waals surface area contributed by atoms with E-state index in [2.05, 4.69) is 29.4 Å². The van der Waals surface area contributed by atoms with Gasteiger partial charge in [0.2, 0.25) is 0 Å². The Morgan fingerprint density at radius 2 is 1.95 bits per heavy atom. The van der Waals surface area contributed by atoms with E-state index in [9.17, 15) is 0 Å². The summed E-state index contributed by atoms with van der Waals surface area (Å²) < 4.78 is 12.0. The normalized spacial score (nSPS) is 27.8. The highest BCUT2D eigenvalue weighted by Gasteiger charge is 2.37. The van der Waals surface area contributed by atoms with Crippen molar-refractivity contribution in [2.24, 2.45) is 0 Å². The summed E-state index contributed by atoms with van der Waals surface area (Å²) in [5.74, 6) is -0.670. The maximum atomic E-state index is 6.00. The third-order valence-electron chi connectivity index (χ3n) is 3.88. The third-order valence-corrected chi connectivity index (χ3v) is 3.88. The Labute approximate surface area is 113 Å². The van der Waals surface area contributed by atoms with Crippen LogP contribution in [-0.2, 0) is 15.3 Å². The number of para-hydroxylation sites is 1. The Morgan fingerprint density at radius 3 is 2.63 bits per heavy atom. The summed E-state index contributed by atoms with van der Waals surface area (Å²) in [6.45, 7) is 5.39. The Balaban J connectivity index is 2.02. The molecule has 1 aromatic heterocycles. The van der Waals surface area contributed by atoms with Gasteiger partial charge in [0.15, 0.2) is 5.79 Å². The molecule has 0 aliphatic carbocycles. The first-order valence-electron chi connectivity index (χ1n) is 6.67. The smallest absolute Gasteiger partial charge is 0.194 e. The van der Waals surface area contributed by atoms with E-state index in [1.54, 1.807) is 0 Å². The van der Waals surface area contributed by atoms with E-state index < -0.39 is 5.79 Å². The molecule has 4 heteroatoms. The van der Waals surface area contributed by atoms with E-state index in [1.807, 2.05) is 26.1 Å². The number of rotatable bonds is 2. The number of hydrogen-bond acceptors (Lipinski definition) is 3. The molecule has 2 aromatic rings. The fourth-order valence-electron chi connectivity index (χ4n) is 2.78. The standard InChI is InChI=1S/C15H20N2O2/c1-10-14(12-6-4-5-7-13(12)17-10)15(2)18-8-11(16-3)9-19-15/h4-7,11,16-17H,8-9H2,1-3H3. The summed E-state index contributed by atoms with van der Waals surface area (Å²) >= 11 is 0. The number of aromatic nitrogens is 1. The number of aromatic amines is 1. The van der Waals surface area contributed by atoms with Gasteiger partial charge in [0.1, 0.15) is 0 Å². The van der Waals surface area contributed by atoms with Crippen LogP contribution in [0.4, 0.5) is 0 Å². The fraction of sp³-hybridized carbons (Fsp3) is 0.467. The number of ether oxygens (including phenoxy) is 2. The zero-order valence-corrected chi connectivity index (χ0v) is 11.6. The van der Waals surface area contributed by atoms with E-state index in [4.69, 9.17) is 9.47 Å². The van der Waals surface area contributed by atoms with E-state index in [1.165, 1.54) is 5.39 Å². The summed E-state index contributed by atoms with van der Waals surface area (Å²) in [4.78, 5) is 3.40. The second kappa shape index (κ2) is 4.63. The van der Waals surface area contributed by atoms with Crippen molar-refractivity contribution in [3.63, 3.8) is 0 Å². The highest BCUT2D eigenvalue weighted by molar-refractivity contribution is 5.85. The van der Waals surface area contributed by atoms with Gasteiger partial charge in [0.05, 0.1) is 19.3 Å². The van der Waals surface area contributed by atoms with E-state index in [-0.39, 0.29) is 6.04 Å². The average molecular weight is 260 g/mol. The van der Waals surface area contributed by atoms with Crippen LogP contribution in [-0.4, -0.2) is 31.3 Å². The molecule has 1 aliphatic rings. The summed E-state index contributed by atoms with van der Waals surface area (Å²) in [6.07, 6.45) is 0. The minimum absolute atomic E-state index is 0.263. The number of aryl methyl sites for hydroxylation is 1. The van der Waals surface area contributed by atoms with Gasteiger partial charge < -0.3 is 19.8 Å². The van der Waals surface area contributed by atoms with Crippen LogP contribution in [0.5, 0.6) is 0 Å². The summed E-state index contributed by atoms with van der Waals surface area (Å²) in [6, 6.07) is 8.52. The first kappa shape index (κ1) is 12.7. The molecule has 0 radical (unpaired) electrons. The van der Waals surface area contributed by atoms with Gasteiger partial charge in [-0.3, -0.25) is 0 Å². The molecule has 1 fully saturated rings. The second-order valence-electron chi connectivity index (χ2n) is 5.22. The molecule has 2 N–H and O–H groups in total. The molecule has 0 atom stereocenters. The van der Waals surface area contributed by atoms with Gasteiger partial charge in [-0.05, 0) is 27.0 Å². The van der Waals surface area contributed by atoms with Crippen LogP contribution < -0.4 is 5.32 Å². The van der Waals surface area contributed by atoms with Gasteiger partial charge in [-0.25, -0.2) is 0 Å². The van der Waals surface area contributed by atoms with Crippen molar-refractivity contribution < 1.29 is 9.47 Å². The predicted octanol–water partition coefficient (Wildman–Crippen LogP) is 2.28. The minimum atomic E-state index is -0.670. The quantitative estimate of drug-likeness (QED) is 0.871. The Bertz CT molecular complexity index is 583. The number of likely N-dealkylation sites (N-methyl/N-ethyl adjacent to an activating group) is 1. The molecule has 0 bridgehead atoms. The van der Waals surface area contributed by atoms with Crippen LogP contribution >= 0.6 is 0 Å². The van der Waals surface area contributed by atoms with Crippen LogP contribution in [0.1, 0.15) is 18.2 Å². The summed E-state index contributed by atoms with van der Waals surface area (Å²) in [5, 5.41) is 4.35. The molecule has 0 amide bonds. The van der Waals surface area contributed by atoms with Crippen molar-refractivity contribution in [3.05, 3.63) is 35.5 Å². The maximum Gasteiger partial charge on any atom is 0.194 e. The van der Waals surface area contributed by atoms with Crippen molar-refractivity contribution in [3.8, 4) is 0 Å². The average Bonchev–Trinajstić information content (AvgIpc) is 2.76. The van der Waals surface area contributed by atoms with Crippen LogP contribution in [0, 0.1) is 6.92 Å². The number of hydrogen-bond donors (Lipinski definition) is 2. The first-order chi connectivity index (χ1) is 9.14. The molecule has 1 saturated heterocycles. The molecule has 3 rings (SSSR count). The van der Waals surface area contributed by atoms with Crippen molar-refractivity contribution in [1.29, 1.82) is 0 Å². The summed E-state index contributed by atoms with van der Waals surface area (Å²) in [7, 11) is 1.93. The van der Waals surface area contributed by atoms with Crippen LogP contribution in [0.15, 0.2) is 24.3 Å². The maximum absolute atomic E-state index is 6.00. The van der Waals surface area contributed by atoms with Crippen LogP contribution in [0.25, 0.3) is 10.9 Å². The molecule has 0 spiro atoms. The lowest BCUT2D eigenvalue weighted by atomic mass is 10.0.